The van der Waals surface area contributed by atoms with Crippen molar-refractivity contribution in [1.82, 2.24) is 15.0 Å². The number of hydrogen-bond acceptors (Lipinski definition) is 6. The topological polar surface area (TPSA) is 80.0 Å². The van der Waals surface area contributed by atoms with Crippen LogP contribution in [0.15, 0.2) is 18.2 Å². The summed E-state index contributed by atoms with van der Waals surface area (Å²) in [4.78, 5) is 13.7. The lowest BCUT2D eigenvalue weighted by Crippen LogP contribution is -2.15. The molecular formula is C11H12ClFN6. The molecule has 0 aliphatic heterocycles. The summed E-state index contributed by atoms with van der Waals surface area (Å²) in [6, 6.07) is 4.04. The van der Waals surface area contributed by atoms with Gasteiger partial charge in [0.05, 0.1) is 0 Å². The molecule has 0 saturated heterocycles. The Balaban J connectivity index is 2.32. The first kappa shape index (κ1) is 13.3. The van der Waals surface area contributed by atoms with Crippen molar-refractivity contribution >= 4 is 35.1 Å². The molecule has 6 nitrogen and oxygen atoms in total. The van der Waals surface area contributed by atoms with Crippen LogP contribution in [0.3, 0.4) is 0 Å². The fourth-order valence-electron chi connectivity index (χ4n) is 1.39. The van der Waals surface area contributed by atoms with Gasteiger partial charge >= 0.3 is 0 Å². The van der Waals surface area contributed by atoms with Crippen molar-refractivity contribution < 1.29 is 4.39 Å². The summed E-state index contributed by atoms with van der Waals surface area (Å²) in [6.07, 6.45) is 0. The highest BCUT2D eigenvalue weighted by Gasteiger charge is 2.07. The summed E-state index contributed by atoms with van der Waals surface area (Å²) < 4.78 is 13.2. The van der Waals surface area contributed by atoms with Gasteiger partial charge in [-0.25, -0.2) is 4.39 Å². The fourth-order valence-corrected chi connectivity index (χ4v) is 1.61. The molecule has 0 bridgehead atoms. The first-order valence-electron chi connectivity index (χ1n) is 5.36. The minimum Gasteiger partial charge on any atom is -0.368 e. The highest BCUT2D eigenvalue weighted by Crippen LogP contribution is 2.21. The van der Waals surface area contributed by atoms with E-state index in [4.69, 9.17) is 17.3 Å². The van der Waals surface area contributed by atoms with Crippen LogP contribution in [-0.2, 0) is 0 Å². The van der Waals surface area contributed by atoms with E-state index in [1.807, 2.05) is 0 Å². The number of benzene rings is 1. The van der Waals surface area contributed by atoms with E-state index in [0.29, 0.717) is 11.6 Å². The Labute approximate surface area is 114 Å². The Morgan fingerprint density at radius 1 is 1.21 bits per heavy atom. The van der Waals surface area contributed by atoms with E-state index in [2.05, 4.69) is 20.3 Å². The summed E-state index contributed by atoms with van der Waals surface area (Å²) in [5.41, 5.74) is 6.01. The number of halogens is 2. The Bertz CT molecular complexity index is 583. The van der Waals surface area contributed by atoms with Gasteiger partial charge in [-0.15, -0.1) is 0 Å². The van der Waals surface area contributed by atoms with Crippen LogP contribution in [0.2, 0.25) is 5.02 Å². The molecule has 0 aliphatic rings. The van der Waals surface area contributed by atoms with Crippen LogP contribution >= 0.6 is 11.6 Å². The van der Waals surface area contributed by atoms with E-state index in [0.717, 1.165) is 0 Å². The van der Waals surface area contributed by atoms with Crippen LogP contribution in [0.5, 0.6) is 0 Å². The van der Waals surface area contributed by atoms with E-state index >= 15 is 0 Å². The highest BCUT2D eigenvalue weighted by atomic mass is 35.5. The molecule has 0 atom stereocenters. The molecule has 8 heteroatoms. The summed E-state index contributed by atoms with van der Waals surface area (Å²) in [7, 11) is 3.55. The van der Waals surface area contributed by atoms with Crippen molar-refractivity contribution in [1.29, 1.82) is 0 Å². The van der Waals surface area contributed by atoms with Gasteiger partial charge in [0.2, 0.25) is 17.8 Å². The molecule has 1 heterocycles. The zero-order valence-corrected chi connectivity index (χ0v) is 11.1. The average Bonchev–Trinajstić information content (AvgIpc) is 2.26. The number of aromatic nitrogens is 3. The van der Waals surface area contributed by atoms with E-state index < -0.39 is 5.82 Å². The third kappa shape index (κ3) is 3.41. The van der Waals surface area contributed by atoms with Gasteiger partial charge in [0, 0.05) is 24.8 Å². The summed E-state index contributed by atoms with van der Waals surface area (Å²) in [5, 5.41) is 3.10. The van der Waals surface area contributed by atoms with Crippen molar-refractivity contribution in [3.63, 3.8) is 0 Å². The minimum absolute atomic E-state index is 0.0729. The van der Waals surface area contributed by atoms with Crippen LogP contribution < -0.4 is 16.0 Å². The van der Waals surface area contributed by atoms with Crippen molar-refractivity contribution in [2.75, 3.05) is 30.0 Å². The van der Waals surface area contributed by atoms with Gasteiger partial charge in [0.25, 0.3) is 0 Å². The number of anilines is 4. The number of nitrogens with zero attached hydrogens (tertiary/aromatic N) is 4. The van der Waals surface area contributed by atoms with Gasteiger partial charge in [-0.2, -0.15) is 15.0 Å². The van der Waals surface area contributed by atoms with Crippen molar-refractivity contribution in [3.8, 4) is 0 Å². The summed E-state index contributed by atoms with van der Waals surface area (Å²) in [5.74, 6) is 0.240. The predicted molar refractivity (Wildman–Crippen MR) is 73.3 cm³/mol. The van der Waals surface area contributed by atoms with Crippen molar-refractivity contribution in [2.45, 2.75) is 0 Å². The molecule has 0 aliphatic carbocycles. The van der Waals surface area contributed by atoms with E-state index in [-0.39, 0.29) is 16.9 Å². The Morgan fingerprint density at radius 2 is 1.95 bits per heavy atom. The van der Waals surface area contributed by atoms with Gasteiger partial charge in [0.15, 0.2) is 0 Å². The second-order valence-electron chi connectivity index (χ2n) is 3.99. The third-order valence-corrected chi connectivity index (χ3v) is 2.38. The van der Waals surface area contributed by atoms with Crippen molar-refractivity contribution in [3.05, 3.63) is 29.0 Å². The molecule has 100 valence electrons. The average molecular weight is 283 g/mol. The standard InChI is InChI=1S/C11H12ClFN6/c1-19(2)11-17-9(14)16-10(18-11)15-8-4-6(12)3-7(13)5-8/h3-5H,1-2H3,(H3,14,15,16,17,18). The van der Waals surface area contributed by atoms with Gasteiger partial charge < -0.3 is 16.0 Å². The minimum atomic E-state index is -0.454. The molecule has 1 aromatic carbocycles. The maximum Gasteiger partial charge on any atom is 0.233 e. The lowest BCUT2D eigenvalue weighted by Gasteiger charge is -2.12. The molecule has 0 amide bonds. The van der Waals surface area contributed by atoms with Gasteiger partial charge in [-0.05, 0) is 18.2 Å². The molecule has 19 heavy (non-hydrogen) atoms. The van der Waals surface area contributed by atoms with Gasteiger partial charge in [-0.3, -0.25) is 0 Å². The van der Waals surface area contributed by atoms with Crippen LogP contribution in [0.4, 0.5) is 27.9 Å². The molecule has 0 fully saturated rings. The quantitative estimate of drug-likeness (QED) is 0.897. The molecule has 0 radical (unpaired) electrons. The molecule has 3 N–H and O–H groups in total. The van der Waals surface area contributed by atoms with Crippen LogP contribution in [0, 0.1) is 5.82 Å². The molecule has 2 rings (SSSR count). The zero-order valence-electron chi connectivity index (χ0n) is 10.4. The number of rotatable bonds is 3. The second kappa shape index (κ2) is 5.23. The largest absolute Gasteiger partial charge is 0.368 e. The summed E-state index contributed by atoms with van der Waals surface area (Å²) >= 11 is 5.76. The second-order valence-corrected chi connectivity index (χ2v) is 4.43. The van der Waals surface area contributed by atoms with E-state index in [1.165, 1.54) is 12.1 Å². The first-order chi connectivity index (χ1) is 8.94. The predicted octanol–water partition coefficient (Wildman–Crippen LogP) is 2.06. The third-order valence-electron chi connectivity index (χ3n) is 2.16. The lowest BCUT2D eigenvalue weighted by molar-refractivity contribution is 0.628. The Kier molecular flexibility index (Phi) is 3.66. The number of nitrogen functional groups attached to an aromatic ring is 1. The van der Waals surface area contributed by atoms with Crippen LogP contribution in [-0.4, -0.2) is 29.0 Å². The Hall–Kier alpha value is -2.15. The van der Waals surface area contributed by atoms with Crippen molar-refractivity contribution in [2.24, 2.45) is 0 Å². The maximum absolute atomic E-state index is 13.2. The number of hydrogen-bond donors (Lipinski definition) is 2. The smallest absolute Gasteiger partial charge is 0.233 e. The number of nitrogens with two attached hydrogens (primary N) is 1. The van der Waals surface area contributed by atoms with Gasteiger partial charge in [0.1, 0.15) is 5.82 Å². The highest BCUT2D eigenvalue weighted by molar-refractivity contribution is 6.30. The normalized spacial score (nSPS) is 10.3. The summed E-state index contributed by atoms with van der Waals surface area (Å²) in [6.45, 7) is 0. The molecule has 0 saturated carbocycles. The number of nitrogens with one attached hydrogen (secondary N) is 1. The molecule has 2 aromatic rings. The fraction of sp³-hybridized carbons (Fsp3) is 0.182. The SMILES string of the molecule is CN(C)c1nc(N)nc(Nc2cc(F)cc(Cl)c2)n1. The van der Waals surface area contributed by atoms with Crippen LogP contribution in [0.25, 0.3) is 0 Å². The molecule has 0 unspecified atom stereocenters. The Morgan fingerprint density at radius 3 is 2.58 bits per heavy atom. The van der Waals surface area contributed by atoms with E-state index in [9.17, 15) is 4.39 Å². The zero-order chi connectivity index (χ0) is 14.0. The first-order valence-corrected chi connectivity index (χ1v) is 5.74. The molecule has 0 spiro atoms. The van der Waals surface area contributed by atoms with Gasteiger partial charge in [-0.1, -0.05) is 11.6 Å². The van der Waals surface area contributed by atoms with Crippen LogP contribution in [0.1, 0.15) is 0 Å². The lowest BCUT2D eigenvalue weighted by atomic mass is 10.3. The maximum atomic E-state index is 13.2. The molecular weight excluding hydrogens is 271 g/mol. The monoisotopic (exact) mass is 282 g/mol. The molecule has 1 aromatic heterocycles. The van der Waals surface area contributed by atoms with E-state index in [1.54, 1.807) is 25.1 Å².